The fourth-order valence-corrected chi connectivity index (χ4v) is 3.06. The summed E-state index contributed by atoms with van der Waals surface area (Å²) in [5, 5.41) is 10.7. The Bertz CT molecular complexity index is 613. The van der Waals surface area contributed by atoms with Crippen LogP contribution in [0.3, 0.4) is 0 Å². The lowest BCUT2D eigenvalue weighted by atomic mass is 9.67. The summed E-state index contributed by atoms with van der Waals surface area (Å²) in [6, 6.07) is 6.44. The van der Waals surface area contributed by atoms with Gasteiger partial charge in [0.15, 0.2) is 0 Å². The lowest BCUT2D eigenvalue weighted by Gasteiger charge is -2.35. The van der Waals surface area contributed by atoms with Crippen LogP contribution in [0.1, 0.15) is 32.3 Å². The van der Waals surface area contributed by atoms with Crippen LogP contribution >= 0.6 is 0 Å². The molecule has 1 aromatic rings. The van der Waals surface area contributed by atoms with Gasteiger partial charge in [-0.05, 0) is 26.3 Å². The van der Waals surface area contributed by atoms with Gasteiger partial charge in [0.25, 0.3) is 5.69 Å². The Morgan fingerprint density at radius 2 is 1.85 bits per heavy atom. The lowest BCUT2D eigenvalue weighted by molar-refractivity contribution is -0.384. The van der Waals surface area contributed by atoms with Crippen LogP contribution in [0.4, 0.5) is 5.69 Å². The zero-order valence-corrected chi connectivity index (χ0v) is 11.8. The summed E-state index contributed by atoms with van der Waals surface area (Å²) < 4.78 is 0. The number of carbonyl (C=O) groups excluding carboxylic acids is 1. The average Bonchev–Trinajstić information content (AvgIpc) is 2.38. The zero-order chi connectivity index (χ0) is 14.9. The molecule has 0 heterocycles. The highest BCUT2D eigenvalue weighted by Gasteiger charge is 2.36. The third kappa shape index (κ3) is 2.41. The number of nitrogens with zero attached hydrogens (tertiary/aromatic N) is 1. The van der Waals surface area contributed by atoms with Crippen LogP contribution in [0.5, 0.6) is 0 Å². The minimum absolute atomic E-state index is 0.0609. The van der Waals surface area contributed by atoms with Crippen molar-refractivity contribution in [1.29, 1.82) is 0 Å². The van der Waals surface area contributed by atoms with Crippen molar-refractivity contribution in [3.8, 4) is 0 Å². The molecule has 2 rings (SSSR count). The van der Waals surface area contributed by atoms with E-state index in [1.54, 1.807) is 12.1 Å². The number of nitro groups is 1. The van der Waals surface area contributed by atoms with E-state index in [2.05, 4.69) is 6.08 Å². The quantitative estimate of drug-likeness (QED) is 0.477. The molecule has 0 saturated heterocycles. The van der Waals surface area contributed by atoms with Crippen LogP contribution < -0.4 is 0 Å². The van der Waals surface area contributed by atoms with Gasteiger partial charge in [0.05, 0.1) is 10.3 Å². The smallest absolute Gasteiger partial charge is 0.269 e. The molecule has 0 radical (unpaired) electrons. The van der Waals surface area contributed by atoms with E-state index >= 15 is 0 Å². The summed E-state index contributed by atoms with van der Waals surface area (Å²) in [6.07, 6.45) is 4.97. The predicted octanol–water partition coefficient (Wildman–Crippen LogP) is 3.79. The molecule has 0 aliphatic heterocycles. The molecule has 1 aliphatic rings. The SMILES string of the molecule is CC1=C[C@@](C)(C=O)[C@H](c2ccc([N+](=O)[O-])cc2)C(C)=C1. The molecule has 0 amide bonds. The lowest BCUT2D eigenvalue weighted by Crippen LogP contribution is -2.28. The van der Waals surface area contributed by atoms with Gasteiger partial charge < -0.3 is 4.79 Å². The first-order valence-corrected chi connectivity index (χ1v) is 6.46. The molecule has 104 valence electrons. The van der Waals surface area contributed by atoms with E-state index in [9.17, 15) is 14.9 Å². The van der Waals surface area contributed by atoms with Crippen LogP contribution in [-0.2, 0) is 4.79 Å². The monoisotopic (exact) mass is 271 g/mol. The number of rotatable bonds is 3. The molecule has 0 unspecified atom stereocenters. The van der Waals surface area contributed by atoms with Crippen molar-refractivity contribution in [2.75, 3.05) is 0 Å². The highest BCUT2D eigenvalue weighted by molar-refractivity contribution is 5.68. The van der Waals surface area contributed by atoms with Gasteiger partial charge >= 0.3 is 0 Å². The first-order valence-electron chi connectivity index (χ1n) is 6.46. The summed E-state index contributed by atoms with van der Waals surface area (Å²) in [5.74, 6) is -0.0792. The number of nitro benzene ring substituents is 1. The maximum Gasteiger partial charge on any atom is 0.269 e. The first kappa shape index (κ1) is 14.2. The summed E-state index contributed by atoms with van der Waals surface area (Å²) >= 11 is 0. The van der Waals surface area contributed by atoms with Crippen molar-refractivity contribution in [1.82, 2.24) is 0 Å². The van der Waals surface area contributed by atoms with Crippen molar-refractivity contribution >= 4 is 12.0 Å². The molecule has 1 aromatic carbocycles. The molecular weight excluding hydrogens is 254 g/mol. The highest BCUT2D eigenvalue weighted by atomic mass is 16.6. The van der Waals surface area contributed by atoms with Gasteiger partial charge in [0.1, 0.15) is 6.29 Å². The number of allylic oxidation sites excluding steroid dienone is 4. The number of hydrogen-bond acceptors (Lipinski definition) is 3. The number of benzene rings is 1. The molecule has 4 heteroatoms. The van der Waals surface area contributed by atoms with Gasteiger partial charge in [-0.25, -0.2) is 0 Å². The van der Waals surface area contributed by atoms with Crippen molar-refractivity contribution in [2.24, 2.45) is 5.41 Å². The van der Waals surface area contributed by atoms with E-state index in [0.717, 1.165) is 23.0 Å². The van der Waals surface area contributed by atoms with E-state index in [0.29, 0.717) is 0 Å². The van der Waals surface area contributed by atoms with Gasteiger partial charge in [-0.1, -0.05) is 35.4 Å². The van der Waals surface area contributed by atoms with E-state index in [-0.39, 0.29) is 11.6 Å². The Kier molecular flexibility index (Phi) is 3.57. The standard InChI is InChI=1S/C16H17NO3/c1-11-8-12(2)15(16(3,9-11)10-18)13-4-6-14(7-5-13)17(19)20/h4-10,15H,1-3H3/t15-,16-/m0/s1. The minimum Gasteiger partial charge on any atom is -0.302 e. The van der Waals surface area contributed by atoms with Crippen LogP contribution in [0.15, 0.2) is 47.6 Å². The van der Waals surface area contributed by atoms with Gasteiger partial charge in [-0.2, -0.15) is 0 Å². The van der Waals surface area contributed by atoms with Crippen LogP contribution in [0, 0.1) is 15.5 Å². The maximum absolute atomic E-state index is 11.6. The summed E-state index contributed by atoms with van der Waals surface area (Å²) in [6.45, 7) is 5.85. The maximum atomic E-state index is 11.6. The van der Waals surface area contributed by atoms with Gasteiger partial charge in [0.2, 0.25) is 0 Å². The van der Waals surface area contributed by atoms with Gasteiger partial charge in [0, 0.05) is 18.1 Å². The molecule has 0 bridgehead atoms. The van der Waals surface area contributed by atoms with E-state index in [1.807, 2.05) is 26.8 Å². The van der Waals surface area contributed by atoms with Crippen molar-refractivity contribution in [3.05, 3.63) is 63.2 Å². The van der Waals surface area contributed by atoms with Crippen LogP contribution in [-0.4, -0.2) is 11.2 Å². The third-order valence-corrected chi connectivity index (χ3v) is 3.76. The number of aldehydes is 1. The Labute approximate surface area is 118 Å². The molecule has 0 fully saturated rings. The fraction of sp³-hybridized carbons (Fsp3) is 0.312. The number of non-ortho nitro benzene ring substituents is 1. The summed E-state index contributed by atoms with van der Waals surface area (Å²) in [5.41, 5.74) is 2.52. The Balaban J connectivity index is 2.47. The Hall–Kier alpha value is -2.23. The van der Waals surface area contributed by atoms with Gasteiger partial charge in [-0.15, -0.1) is 0 Å². The molecule has 0 saturated carbocycles. The summed E-state index contributed by atoms with van der Waals surface area (Å²) in [4.78, 5) is 21.8. The van der Waals surface area contributed by atoms with Crippen molar-refractivity contribution in [3.63, 3.8) is 0 Å². The number of carbonyl (C=O) groups is 1. The first-order chi connectivity index (χ1) is 9.37. The molecule has 0 spiro atoms. The molecule has 4 nitrogen and oxygen atoms in total. The highest BCUT2D eigenvalue weighted by Crippen LogP contribution is 2.45. The molecule has 1 aliphatic carbocycles. The molecule has 0 N–H and O–H groups in total. The van der Waals surface area contributed by atoms with Gasteiger partial charge in [-0.3, -0.25) is 10.1 Å². The normalized spacial score (nSPS) is 25.6. The Morgan fingerprint density at radius 1 is 1.25 bits per heavy atom. The zero-order valence-electron chi connectivity index (χ0n) is 11.8. The van der Waals surface area contributed by atoms with Crippen LogP contribution in [0.25, 0.3) is 0 Å². The average molecular weight is 271 g/mol. The largest absolute Gasteiger partial charge is 0.302 e. The predicted molar refractivity (Wildman–Crippen MR) is 77.5 cm³/mol. The molecule has 20 heavy (non-hydrogen) atoms. The second-order valence-electron chi connectivity index (χ2n) is 5.54. The van der Waals surface area contributed by atoms with Crippen molar-refractivity contribution in [2.45, 2.75) is 26.7 Å². The minimum atomic E-state index is -0.612. The van der Waals surface area contributed by atoms with E-state index in [4.69, 9.17) is 0 Å². The molecule has 2 atom stereocenters. The topological polar surface area (TPSA) is 60.2 Å². The molecule has 0 aromatic heterocycles. The Morgan fingerprint density at radius 3 is 2.35 bits per heavy atom. The third-order valence-electron chi connectivity index (χ3n) is 3.76. The van der Waals surface area contributed by atoms with Crippen molar-refractivity contribution < 1.29 is 9.72 Å². The molecular formula is C16H17NO3. The summed E-state index contributed by atoms with van der Waals surface area (Å²) in [7, 11) is 0. The fourth-order valence-electron chi connectivity index (χ4n) is 3.06. The second-order valence-corrected chi connectivity index (χ2v) is 5.54. The van der Waals surface area contributed by atoms with E-state index < -0.39 is 10.3 Å². The second kappa shape index (κ2) is 5.04. The van der Waals surface area contributed by atoms with Crippen LogP contribution in [0.2, 0.25) is 0 Å². The van der Waals surface area contributed by atoms with E-state index in [1.165, 1.54) is 12.1 Å². The number of hydrogen-bond donors (Lipinski definition) is 0.